The Labute approximate surface area is 125 Å². The second kappa shape index (κ2) is 8.10. The number of benzene rings is 2. The first-order chi connectivity index (χ1) is 10.3. The molecule has 0 saturated carbocycles. The Morgan fingerprint density at radius 2 is 1.52 bits per heavy atom. The van der Waals surface area contributed by atoms with Crippen LogP contribution in [-0.4, -0.2) is 17.6 Å². The van der Waals surface area contributed by atoms with E-state index in [4.69, 9.17) is 5.11 Å². The first-order valence-corrected chi connectivity index (χ1v) is 7.37. The van der Waals surface area contributed by atoms with E-state index in [1.807, 2.05) is 18.2 Å². The van der Waals surface area contributed by atoms with E-state index in [1.165, 1.54) is 11.1 Å². The fourth-order valence-electron chi connectivity index (χ4n) is 2.22. The van der Waals surface area contributed by atoms with Gasteiger partial charge in [0, 0.05) is 18.7 Å². The number of aliphatic carboxylic acids is 1. The third kappa shape index (κ3) is 5.30. The highest BCUT2D eigenvalue weighted by Crippen LogP contribution is 2.20. The van der Waals surface area contributed by atoms with Crippen molar-refractivity contribution in [1.29, 1.82) is 0 Å². The number of nitrogens with one attached hydrogen (secondary N) is 1. The van der Waals surface area contributed by atoms with Crippen molar-refractivity contribution in [2.75, 3.05) is 11.9 Å². The summed E-state index contributed by atoms with van der Waals surface area (Å²) in [7, 11) is 0. The van der Waals surface area contributed by atoms with E-state index >= 15 is 0 Å². The van der Waals surface area contributed by atoms with Gasteiger partial charge >= 0.3 is 5.97 Å². The number of carboxylic acid groups (broad SMARTS) is 1. The Morgan fingerprint density at radius 1 is 0.857 bits per heavy atom. The highest BCUT2D eigenvalue weighted by Gasteiger charge is 1.98. The molecule has 110 valence electrons. The summed E-state index contributed by atoms with van der Waals surface area (Å²) in [4.78, 5) is 10.4. The average molecular weight is 283 g/mol. The van der Waals surface area contributed by atoms with Crippen molar-refractivity contribution in [1.82, 2.24) is 0 Å². The molecule has 0 saturated heterocycles. The van der Waals surface area contributed by atoms with Gasteiger partial charge in [0.25, 0.3) is 0 Å². The van der Waals surface area contributed by atoms with Crippen LogP contribution in [0, 0.1) is 0 Å². The maximum Gasteiger partial charge on any atom is 0.303 e. The molecule has 0 heterocycles. The number of carboxylic acids is 1. The lowest BCUT2D eigenvalue weighted by Crippen LogP contribution is -2.02. The van der Waals surface area contributed by atoms with Gasteiger partial charge in [-0.1, -0.05) is 48.9 Å². The summed E-state index contributed by atoms with van der Waals surface area (Å²) in [6.45, 7) is 0.879. The zero-order chi connectivity index (χ0) is 14.9. The normalized spacial score (nSPS) is 10.3. The van der Waals surface area contributed by atoms with Crippen LogP contribution in [-0.2, 0) is 4.79 Å². The molecule has 0 aliphatic carbocycles. The van der Waals surface area contributed by atoms with Gasteiger partial charge in [-0.15, -0.1) is 0 Å². The smallest absolute Gasteiger partial charge is 0.303 e. The zero-order valence-electron chi connectivity index (χ0n) is 12.1. The van der Waals surface area contributed by atoms with E-state index < -0.39 is 5.97 Å². The zero-order valence-corrected chi connectivity index (χ0v) is 12.1. The number of anilines is 1. The number of rotatable bonds is 8. The molecule has 0 spiro atoms. The van der Waals surface area contributed by atoms with Gasteiger partial charge < -0.3 is 10.4 Å². The van der Waals surface area contributed by atoms with Crippen molar-refractivity contribution in [3.63, 3.8) is 0 Å². The monoisotopic (exact) mass is 283 g/mol. The highest BCUT2D eigenvalue weighted by molar-refractivity contribution is 5.66. The number of unbranched alkanes of at least 4 members (excludes halogenated alkanes) is 2. The van der Waals surface area contributed by atoms with Crippen molar-refractivity contribution in [3.05, 3.63) is 54.6 Å². The Balaban J connectivity index is 1.74. The molecule has 0 aromatic heterocycles. The fourth-order valence-corrected chi connectivity index (χ4v) is 2.22. The standard InChI is InChI=1S/C18H21NO2/c20-18(21)9-5-2-6-14-19-17-12-10-16(11-13-17)15-7-3-1-4-8-15/h1,3-4,7-8,10-13,19H,2,5-6,9,14H2,(H,20,21). The Kier molecular flexibility index (Phi) is 5.83. The molecule has 2 N–H and O–H groups in total. The number of carbonyl (C=O) groups is 1. The molecule has 3 nitrogen and oxygen atoms in total. The summed E-state index contributed by atoms with van der Waals surface area (Å²) < 4.78 is 0. The fraction of sp³-hybridized carbons (Fsp3) is 0.278. The van der Waals surface area contributed by atoms with Crippen LogP contribution in [0.3, 0.4) is 0 Å². The third-order valence-corrected chi connectivity index (χ3v) is 3.39. The van der Waals surface area contributed by atoms with Gasteiger partial charge in [0.05, 0.1) is 0 Å². The summed E-state index contributed by atoms with van der Waals surface area (Å²) in [5.74, 6) is -0.709. The Hall–Kier alpha value is -2.29. The molecule has 0 fully saturated rings. The minimum absolute atomic E-state index is 0.270. The van der Waals surface area contributed by atoms with Crippen LogP contribution >= 0.6 is 0 Å². The molecule has 0 radical (unpaired) electrons. The van der Waals surface area contributed by atoms with Crippen LogP contribution in [0.2, 0.25) is 0 Å². The Morgan fingerprint density at radius 3 is 2.19 bits per heavy atom. The van der Waals surface area contributed by atoms with E-state index in [-0.39, 0.29) is 6.42 Å². The molecule has 0 atom stereocenters. The van der Waals surface area contributed by atoms with Crippen molar-refractivity contribution >= 4 is 11.7 Å². The molecule has 2 aromatic rings. The van der Waals surface area contributed by atoms with E-state index in [0.717, 1.165) is 31.5 Å². The molecule has 0 amide bonds. The second-order valence-corrected chi connectivity index (χ2v) is 5.07. The van der Waals surface area contributed by atoms with Gasteiger partial charge in [-0.3, -0.25) is 4.79 Å². The van der Waals surface area contributed by atoms with Gasteiger partial charge in [-0.25, -0.2) is 0 Å². The van der Waals surface area contributed by atoms with Gasteiger partial charge in [-0.2, -0.15) is 0 Å². The van der Waals surface area contributed by atoms with Crippen LogP contribution in [0.25, 0.3) is 11.1 Å². The SMILES string of the molecule is O=C(O)CCCCCNc1ccc(-c2ccccc2)cc1. The van der Waals surface area contributed by atoms with Gasteiger partial charge in [-0.05, 0) is 36.1 Å². The lowest BCUT2D eigenvalue weighted by atomic mass is 10.1. The summed E-state index contributed by atoms with van der Waals surface area (Å²) >= 11 is 0. The first-order valence-electron chi connectivity index (χ1n) is 7.37. The minimum atomic E-state index is -0.709. The molecule has 21 heavy (non-hydrogen) atoms. The average Bonchev–Trinajstić information content (AvgIpc) is 2.52. The summed E-state index contributed by atoms with van der Waals surface area (Å²) in [5.41, 5.74) is 3.54. The maximum absolute atomic E-state index is 10.4. The summed E-state index contributed by atoms with van der Waals surface area (Å²) in [6, 6.07) is 18.7. The predicted molar refractivity (Wildman–Crippen MR) is 86.5 cm³/mol. The lowest BCUT2D eigenvalue weighted by molar-refractivity contribution is -0.137. The maximum atomic E-state index is 10.4. The van der Waals surface area contributed by atoms with E-state index in [1.54, 1.807) is 0 Å². The van der Waals surface area contributed by atoms with Gasteiger partial charge in [0.1, 0.15) is 0 Å². The van der Waals surface area contributed by atoms with Crippen molar-refractivity contribution in [2.45, 2.75) is 25.7 Å². The van der Waals surface area contributed by atoms with Crippen LogP contribution in [0.15, 0.2) is 54.6 Å². The highest BCUT2D eigenvalue weighted by atomic mass is 16.4. The number of hydrogen-bond donors (Lipinski definition) is 2. The molecule has 2 rings (SSSR count). The lowest BCUT2D eigenvalue weighted by Gasteiger charge is -2.07. The van der Waals surface area contributed by atoms with Crippen LogP contribution < -0.4 is 5.32 Å². The third-order valence-electron chi connectivity index (χ3n) is 3.39. The topological polar surface area (TPSA) is 49.3 Å². The number of hydrogen-bond acceptors (Lipinski definition) is 2. The van der Waals surface area contributed by atoms with Crippen LogP contribution in [0.1, 0.15) is 25.7 Å². The predicted octanol–water partition coefficient (Wildman–Crippen LogP) is 4.41. The van der Waals surface area contributed by atoms with Crippen molar-refractivity contribution < 1.29 is 9.90 Å². The first kappa shape index (κ1) is 15.1. The molecular formula is C18H21NO2. The van der Waals surface area contributed by atoms with Gasteiger partial charge in [0.15, 0.2) is 0 Å². The van der Waals surface area contributed by atoms with Crippen molar-refractivity contribution in [3.8, 4) is 11.1 Å². The Bertz CT molecular complexity index is 549. The molecule has 0 aliphatic heterocycles. The molecule has 0 unspecified atom stereocenters. The quantitative estimate of drug-likeness (QED) is 0.705. The van der Waals surface area contributed by atoms with E-state index in [9.17, 15) is 4.79 Å². The molecule has 3 heteroatoms. The summed E-state index contributed by atoms with van der Waals surface area (Å²) in [6.07, 6.45) is 2.96. The van der Waals surface area contributed by atoms with Crippen LogP contribution in [0.5, 0.6) is 0 Å². The second-order valence-electron chi connectivity index (χ2n) is 5.07. The molecular weight excluding hydrogens is 262 g/mol. The van der Waals surface area contributed by atoms with Crippen molar-refractivity contribution in [2.24, 2.45) is 0 Å². The molecule has 2 aromatic carbocycles. The largest absolute Gasteiger partial charge is 0.481 e. The van der Waals surface area contributed by atoms with E-state index in [2.05, 4.69) is 41.7 Å². The van der Waals surface area contributed by atoms with Gasteiger partial charge in [0.2, 0.25) is 0 Å². The van der Waals surface area contributed by atoms with Crippen LogP contribution in [0.4, 0.5) is 5.69 Å². The minimum Gasteiger partial charge on any atom is -0.481 e. The van der Waals surface area contributed by atoms with E-state index in [0.29, 0.717) is 0 Å². The molecule has 0 bridgehead atoms. The summed E-state index contributed by atoms with van der Waals surface area (Å²) in [5, 5.41) is 11.9. The molecule has 0 aliphatic rings.